The first-order valence-corrected chi connectivity index (χ1v) is 9.73. The predicted molar refractivity (Wildman–Crippen MR) is 99.7 cm³/mol. The highest BCUT2D eigenvalue weighted by Gasteiger charge is 2.24. The Labute approximate surface area is 155 Å². The number of hydrogen-bond donors (Lipinski definition) is 1. The summed E-state index contributed by atoms with van der Waals surface area (Å²) < 4.78 is 6.82. The van der Waals surface area contributed by atoms with Gasteiger partial charge in [-0.05, 0) is 32.3 Å². The lowest BCUT2D eigenvalue weighted by Gasteiger charge is -2.12. The highest BCUT2D eigenvalue weighted by atomic mass is 32.1. The Morgan fingerprint density at radius 1 is 1.42 bits per heavy atom. The maximum absolute atomic E-state index is 12.6. The highest BCUT2D eigenvalue weighted by Crippen LogP contribution is 2.29. The molecule has 0 bridgehead atoms. The number of esters is 1. The Hall–Kier alpha value is -2.22. The molecule has 0 aliphatic carbocycles. The van der Waals surface area contributed by atoms with Gasteiger partial charge in [0.15, 0.2) is 6.61 Å². The third-order valence-electron chi connectivity index (χ3n) is 4.56. The molecule has 7 nitrogen and oxygen atoms in total. The molecular weight excluding hydrogens is 354 g/mol. The van der Waals surface area contributed by atoms with Crippen molar-refractivity contribution in [3.63, 3.8) is 0 Å². The topological polar surface area (TPSA) is 90.3 Å². The second-order valence-electron chi connectivity index (χ2n) is 6.66. The van der Waals surface area contributed by atoms with Crippen molar-refractivity contribution >= 4 is 33.4 Å². The van der Waals surface area contributed by atoms with E-state index in [1.54, 1.807) is 11.5 Å². The zero-order chi connectivity index (χ0) is 18.8. The lowest BCUT2D eigenvalue weighted by molar-refractivity contribution is -0.124. The van der Waals surface area contributed by atoms with E-state index in [1.165, 1.54) is 0 Å². The molecule has 1 amide bonds. The van der Waals surface area contributed by atoms with Crippen molar-refractivity contribution in [1.29, 1.82) is 0 Å². The Morgan fingerprint density at radius 3 is 2.92 bits per heavy atom. The predicted octanol–water partition coefficient (Wildman–Crippen LogP) is 2.17. The van der Waals surface area contributed by atoms with E-state index in [1.807, 2.05) is 13.8 Å². The van der Waals surface area contributed by atoms with Crippen molar-refractivity contribution in [1.82, 2.24) is 14.9 Å². The molecule has 2 aromatic rings. The van der Waals surface area contributed by atoms with Crippen molar-refractivity contribution in [2.75, 3.05) is 6.61 Å². The van der Waals surface area contributed by atoms with E-state index in [0.717, 1.165) is 42.8 Å². The van der Waals surface area contributed by atoms with Crippen LogP contribution in [0.3, 0.4) is 0 Å². The van der Waals surface area contributed by atoms with Crippen molar-refractivity contribution < 1.29 is 14.3 Å². The second kappa shape index (κ2) is 7.57. The van der Waals surface area contributed by atoms with E-state index in [0.29, 0.717) is 27.2 Å². The molecule has 0 saturated carbocycles. The molecule has 3 rings (SSSR count). The van der Waals surface area contributed by atoms with E-state index in [2.05, 4.69) is 10.3 Å². The average molecular weight is 377 g/mol. The summed E-state index contributed by atoms with van der Waals surface area (Å²) in [7, 11) is 0. The van der Waals surface area contributed by atoms with Gasteiger partial charge in [-0.3, -0.25) is 14.2 Å². The molecule has 0 aromatic carbocycles. The van der Waals surface area contributed by atoms with Crippen LogP contribution in [-0.4, -0.2) is 34.1 Å². The van der Waals surface area contributed by atoms with Gasteiger partial charge in [-0.15, -0.1) is 11.3 Å². The summed E-state index contributed by atoms with van der Waals surface area (Å²) in [5, 5.41) is 3.27. The Bertz CT molecular complexity index is 915. The van der Waals surface area contributed by atoms with Crippen molar-refractivity contribution in [2.45, 2.75) is 59.0 Å². The first kappa shape index (κ1) is 18.6. The molecular formula is C18H23N3O4S. The molecule has 0 spiro atoms. The van der Waals surface area contributed by atoms with Crippen molar-refractivity contribution in [2.24, 2.45) is 0 Å². The van der Waals surface area contributed by atoms with Gasteiger partial charge in [0.2, 0.25) is 0 Å². The number of aryl methyl sites for hydroxylation is 2. The van der Waals surface area contributed by atoms with Gasteiger partial charge in [-0.25, -0.2) is 9.78 Å². The van der Waals surface area contributed by atoms with E-state index < -0.39 is 5.97 Å². The summed E-state index contributed by atoms with van der Waals surface area (Å²) in [5.74, 6) is -0.142. The lowest BCUT2D eigenvalue weighted by Crippen LogP contribution is -2.35. The summed E-state index contributed by atoms with van der Waals surface area (Å²) >= 11 is 1.16. The Morgan fingerprint density at radius 2 is 2.19 bits per heavy atom. The molecule has 0 unspecified atom stereocenters. The minimum Gasteiger partial charge on any atom is -0.451 e. The number of aromatic nitrogens is 2. The summed E-state index contributed by atoms with van der Waals surface area (Å²) in [6, 6.07) is 0.0453. The summed E-state index contributed by atoms with van der Waals surface area (Å²) in [5.41, 5.74) is 0.482. The van der Waals surface area contributed by atoms with E-state index >= 15 is 0 Å². The molecule has 140 valence electrons. The van der Waals surface area contributed by atoms with Crippen LogP contribution in [0.2, 0.25) is 0 Å². The number of nitrogens with one attached hydrogen (secondary N) is 1. The molecule has 1 aliphatic heterocycles. The van der Waals surface area contributed by atoms with Crippen LogP contribution < -0.4 is 10.9 Å². The Balaban J connectivity index is 1.75. The number of rotatable bonds is 6. The summed E-state index contributed by atoms with van der Waals surface area (Å²) in [4.78, 5) is 42.3. The van der Waals surface area contributed by atoms with Crippen LogP contribution in [0.1, 0.15) is 54.2 Å². The zero-order valence-corrected chi connectivity index (χ0v) is 16.1. The number of nitrogens with zero attached hydrogens (tertiary/aromatic N) is 2. The molecule has 8 heteroatoms. The first-order valence-electron chi connectivity index (χ1n) is 8.91. The van der Waals surface area contributed by atoms with Crippen LogP contribution in [0.5, 0.6) is 0 Å². The average Bonchev–Trinajstić information content (AvgIpc) is 3.18. The van der Waals surface area contributed by atoms with Crippen LogP contribution >= 0.6 is 11.3 Å². The van der Waals surface area contributed by atoms with Gasteiger partial charge in [0.05, 0.1) is 5.39 Å². The molecule has 3 heterocycles. The molecule has 1 atom stereocenters. The molecule has 26 heavy (non-hydrogen) atoms. The molecule has 1 aliphatic rings. The van der Waals surface area contributed by atoms with Crippen molar-refractivity contribution in [3.8, 4) is 0 Å². The monoisotopic (exact) mass is 377 g/mol. The van der Waals surface area contributed by atoms with Gasteiger partial charge in [0.25, 0.3) is 11.5 Å². The number of carbonyl (C=O) groups excluding carboxylic acids is 2. The quantitative estimate of drug-likeness (QED) is 0.779. The van der Waals surface area contributed by atoms with E-state index in [9.17, 15) is 14.4 Å². The fraction of sp³-hybridized carbons (Fsp3) is 0.556. The molecule has 0 radical (unpaired) electrons. The summed E-state index contributed by atoms with van der Waals surface area (Å²) in [6.45, 7) is 6.02. The zero-order valence-electron chi connectivity index (χ0n) is 15.3. The van der Waals surface area contributed by atoms with Crippen LogP contribution in [-0.2, 0) is 22.5 Å². The largest absolute Gasteiger partial charge is 0.451 e. The first-order chi connectivity index (χ1) is 12.4. The van der Waals surface area contributed by atoms with Gasteiger partial charge in [0.1, 0.15) is 15.5 Å². The lowest BCUT2D eigenvalue weighted by atomic mass is 10.2. The van der Waals surface area contributed by atoms with Crippen molar-refractivity contribution in [3.05, 3.63) is 26.6 Å². The smallest absolute Gasteiger partial charge is 0.349 e. The summed E-state index contributed by atoms with van der Waals surface area (Å²) in [6.07, 6.45) is 3.53. The minimum atomic E-state index is -0.589. The number of amides is 1. The fourth-order valence-electron chi connectivity index (χ4n) is 3.29. The number of thiophene rings is 1. The van der Waals surface area contributed by atoms with Gasteiger partial charge < -0.3 is 10.1 Å². The number of fused-ring (bicyclic) bond motifs is 2. The van der Waals surface area contributed by atoms with E-state index in [4.69, 9.17) is 4.74 Å². The van der Waals surface area contributed by atoms with Gasteiger partial charge in [0, 0.05) is 19.0 Å². The maximum atomic E-state index is 12.6. The normalized spacial score (nSPS) is 14.3. The third-order valence-corrected chi connectivity index (χ3v) is 5.73. The molecule has 0 fully saturated rings. The minimum absolute atomic E-state index is 0.0453. The Kier molecular flexibility index (Phi) is 5.41. The standard InChI is InChI=1S/C18H23N3O4S/c1-4-6-10(2)19-13(22)9-25-18(24)15-11(3)14-16(26-15)20-12-7-5-8-21(12)17(14)23/h10H,4-9H2,1-3H3,(H,19,22)/t10-/m1/s1. The second-order valence-corrected chi connectivity index (χ2v) is 7.66. The van der Waals surface area contributed by atoms with Crippen LogP contribution in [0, 0.1) is 6.92 Å². The SMILES string of the molecule is CCC[C@@H](C)NC(=O)COC(=O)c1sc2nc3n(c(=O)c2c1C)CCC3. The molecule has 1 N–H and O–H groups in total. The third kappa shape index (κ3) is 3.51. The van der Waals surface area contributed by atoms with Crippen LogP contribution in [0.15, 0.2) is 4.79 Å². The molecule has 0 saturated heterocycles. The number of carbonyl (C=O) groups is 2. The van der Waals surface area contributed by atoms with Gasteiger partial charge >= 0.3 is 5.97 Å². The number of hydrogen-bond acceptors (Lipinski definition) is 6. The van der Waals surface area contributed by atoms with E-state index in [-0.39, 0.29) is 24.1 Å². The van der Waals surface area contributed by atoms with Gasteiger partial charge in [-0.2, -0.15) is 0 Å². The van der Waals surface area contributed by atoms with Gasteiger partial charge in [-0.1, -0.05) is 13.3 Å². The van der Waals surface area contributed by atoms with Crippen LogP contribution in [0.25, 0.3) is 10.2 Å². The fourth-order valence-corrected chi connectivity index (χ4v) is 4.37. The number of ether oxygens (including phenoxy) is 1. The highest BCUT2D eigenvalue weighted by molar-refractivity contribution is 7.20. The van der Waals surface area contributed by atoms with Crippen LogP contribution in [0.4, 0.5) is 0 Å². The molecule has 2 aromatic heterocycles. The maximum Gasteiger partial charge on any atom is 0.349 e.